The van der Waals surface area contributed by atoms with E-state index in [0.717, 1.165) is 0 Å². The molecule has 0 bridgehead atoms. The van der Waals surface area contributed by atoms with Crippen molar-refractivity contribution in [2.75, 3.05) is 13.1 Å². The highest BCUT2D eigenvalue weighted by atomic mass is 35.5. The minimum absolute atomic E-state index is 0.183. The number of nitrogens with zero attached hydrogens (tertiary/aromatic N) is 2. The summed E-state index contributed by atoms with van der Waals surface area (Å²) in [6.07, 6.45) is 1.23. The highest BCUT2D eigenvalue weighted by Crippen LogP contribution is 2.29. The van der Waals surface area contributed by atoms with Crippen LogP contribution in [0.5, 0.6) is 0 Å². The molecule has 2 heterocycles. The van der Waals surface area contributed by atoms with Crippen molar-refractivity contribution in [1.29, 1.82) is 0 Å². The van der Waals surface area contributed by atoms with E-state index in [1.807, 2.05) is 0 Å². The van der Waals surface area contributed by atoms with Crippen LogP contribution in [0.15, 0.2) is 22.6 Å². The molecular formula is C17H16Cl2N2O4. The van der Waals surface area contributed by atoms with Gasteiger partial charge < -0.3 is 14.4 Å². The molecule has 1 unspecified atom stereocenters. The summed E-state index contributed by atoms with van der Waals surface area (Å²) in [5.41, 5.74) is 0.797. The second kappa shape index (κ2) is 7.06. The second-order valence-electron chi connectivity index (χ2n) is 5.98. The minimum atomic E-state index is -0.883. The molecule has 25 heavy (non-hydrogen) atoms. The Morgan fingerprint density at radius 1 is 1.32 bits per heavy atom. The van der Waals surface area contributed by atoms with Crippen molar-refractivity contribution in [1.82, 2.24) is 9.88 Å². The Kier molecular flexibility index (Phi) is 5.01. The SMILES string of the molecule is Cc1oc(-c2ccc(Cl)c(Cl)c2)nc1C(=O)N1CCCC(C(=O)O)C1. The number of aryl methyl sites for hydroxylation is 1. The van der Waals surface area contributed by atoms with Crippen molar-refractivity contribution in [2.24, 2.45) is 5.92 Å². The molecule has 0 radical (unpaired) electrons. The molecule has 2 aromatic rings. The number of rotatable bonds is 3. The molecule has 0 spiro atoms. The second-order valence-corrected chi connectivity index (χ2v) is 6.80. The molecular weight excluding hydrogens is 367 g/mol. The van der Waals surface area contributed by atoms with Crippen LogP contribution in [0.25, 0.3) is 11.5 Å². The van der Waals surface area contributed by atoms with E-state index in [9.17, 15) is 9.59 Å². The Balaban J connectivity index is 1.85. The van der Waals surface area contributed by atoms with Gasteiger partial charge in [0.15, 0.2) is 5.69 Å². The van der Waals surface area contributed by atoms with E-state index in [-0.39, 0.29) is 24.0 Å². The molecule has 1 saturated heterocycles. The maximum absolute atomic E-state index is 12.7. The number of benzene rings is 1. The highest BCUT2D eigenvalue weighted by molar-refractivity contribution is 6.42. The van der Waals surface area contributed by atoms with E-state index in [0.29, 0.717) is 40.8 Å². The van der Waals surface area contributed by atoms with E-state index < -0.39 is 11.9 Å². The molecule has 1 fully saturated rings. The van der Waals surface area contributed by atoms with Crippen LogP contribution in [0, 0.1) is 12.8 Å². The first-order valence-electron chi connectivity index (χ1n) is 7.81. The van der Waals surface area contributed by atoms with Gasteiger partial charge in [-0.15, -0.1) is 0 Å². The Hall–Kier alpha value is -2.05. The van der Waals surface area contributed by atoms with Crippen LogP contribution in [-0.4, -0.2) is 40.0 Å². The summed E-state index contributed by atoms with van der Waals surface area (Å²) in [7, 11) is 0. The van der Waals surface area contributed by atoms with Gasteiger partial charge in [-0.1, -0.05) is 23.2 Å². The maximum atomic E-state index is 12.7. The zero-order valence-electron chi connectivity index (χ0n) is 13.5. The first-order valence-corrected chi connectivity index (χ1v) is 8.57. The number of aromatic nitrogens is 1. The van der Waals surface area contributed by atoms with Crippen LogP contribution >= 0.6 is 23.2 Å². The van der Waals surface area contributed by atoms with Crippen LogP contribution in [0.1, 0.15) is 29.1 Å². The highest BCUT2D eigenvalue weighted by Gasteiger charge is 2.31. The van der Waals surface area contributed by atoms with Crippen molar-refractivity contribution in [3.8, 4) is 11.5 Å². The molecule has 1 aliphatic heterocycles. The number of hydrogen-bond acceptors (Lipinski definition) is 4. The fourth-order valence-electron chi connectivity index (χ4n) is 2.86. The first kappa shape index (κ1) is 17.8. The number of halogens is 2. The minimum Gasteiger partial charge on any atom is -0.481 e. The van der Waals surface area contributed by atoms with Gasteiger partial charge in [0.1, 0.15) is 5.76 Å². The lowest BCUT2D eigenvalue weighted by atomic mass is 9.98. The summed E-state index contributed by atoms with van der Waals surface area (Å²) < 4.78 is 5.61. The van der Waals surface area contributed by atoms with E-state index in [1.54, 1.807) is 25.1 Å². The summed E-state index contributed by atoms with van der Waals surface area (Å²) in [6.45, 7) is 2.35. The third kappa shape index (κ3) is 3.65. The molecule has 1 aromatic carbocycles. The molecule has 3 rings (SSSR count). The van der Waals surface area contributed by atoms with Crippen molar-refractivity contribution in [3.63, 3.8) is 0 Å². The molecule has 1 atom stereocenters. The summed E-state index contributed by atoms with van der Waals surface area (Å²) in [5.74, 6) is -1.10. The lowest BCUT2D eigenvalue weighted by Crippen LogP contribution is -2.42. The Bertz CT molecular complexity index is 834. The zero-order chi connectivity index (χ0) is 18.1. The summed E-state index contributed by atoms with van der Waals surface area (Å²) in [5, 5.41) is 9.95. The van der Waals surface area contributed by atoms with Crippen LogP contribution in [0.3, 0.4) is 0 Å². The van der Waals surface area contributed by atoms with Gasteiger partial charge in [-0.05, 0) is 38.0 Å². The smallest absolute Gasteiger partial charge is 0.308 e. The summed E-state index contributed by atoms with van der Waals surface area (Å²) in [6, 6.07) is 4.95. The normalized spacial score (nSPS) is 17.6. The van der Waals surface area contributed by atoms with Gasteiger partial charge in [-0.3, -0.25) is 9.59 Å². The van der Waals surface area contributed by atoms with Gasteiger partial charge in [0.05, 0.1) is 16.0 Å². The summed E-state index contributed by atoms with van der Waals surface area (Å²) in [4.78, 5) is 29.7. The quantitative estimate of drug-likeness (QED) is 0.869. The third-order valence-corrected chi connectivity index (χ3v) is 4.96. The van der Waals surface area contributed by atoms with Crippen molar-refractivity contribution < 1.29 is 19.1 Å². The van der Waals surface area contributed by atoms with Crippen LogP contribution < -0.4 is 0 Å². The summed E-state index contributed by atoms with van der Waals surface area (Å²) >= 11 is 11.9. The predicted octanol–water partition coefficient (Wildman–Crippen LogP) is 3.89. The van der Waals surface area contributed by atoms with E-state index >= 15 is 0 Å². The molecule has 0 saturated carbocycles. The number of likely N-dealkylation sites (tertiary alicyclic amines) is 1. The number of oxazole rings is 1. The van der Waals surface area contributed by atoms with Gasteiger partial charge in [0.2, 0.25) is 5.89 Å². The van der Waals surface area contributed by atoms with Crippen LogP contribution in [0.4, 0.5) is 0 Å². The number of amides is 1. The van der Waals surface area contributed by atoms with Crippen molar-refractivity contribution in [3.05, 3.63) is 39.7 Å². The van der Waals surface area contributed by atoms with Crippen molar-refractivity contribution in [2.45, 2.75) is 19.8 Å². The lowest BCUT2D eigenvalue weighted by Gasteiger charge is -2.30. The molecule has 8 heteroatoms. The fourth-order valence-corrected chi connectivity index (χ4v) is 3.16. The van der Waals surface area contributed by atoms with Crippen LogP contribution in [-0.2, 0) is 4.79 Å². The largest absolute Gasteiger partial charge is 0.481 e. The average Bonchev–Trinajstić information content (AvgIpc) is 2.98. The Morgan fingerprint density at radius 2 is 2.08 bits per heavy atom. The molecule has 132 valence electrons. The molecule has 1 aliphatic rings. The number of carbonyl (C=O) groups is 2. The number of hydrogen-bond donors (Lipinski definition) is 1. The number of aliphatic carboxylic acids is 1. The van der Waals surface area contributed by atoms with Gasteiger partial charge >= 0.3 is 5.97 Å². The zero-order valence-corrected chi connectivity index (χ0v) is 15.0. The molecule has 1 aromatic heterocycles. The van der Waals surface area contributed by atoms with E-state index in [1.165, 1.54) is 4.90 Å². The number of piperidine rings is 1. The monoisotopic (exact) mass is 382 g/mol. The van der Waals surface area contributed by atoms with Gasteiger partial charge in [0, 0.05) is 18.7 Å². The lowest BCUT2D eigenvalue weighted by molar-refractivity contribution is -0.143. The Labute approximate surface area is 154 Å². The Morgan fingerprint density at radius 3 is 2.76 bits per heavy atom. The number of carboxylic acid groups (broad SMARTS) is 1. The maximum Gasteiger partial charge on any atom is 0.308 e. The number of carboxylic acids is 1. The molecule has 1 amide bonds. The number of carbonyl (C=O) groups excluding carboxylic acids is 1. The topological polar surface area (TPSA) is 83.6 Å². The predicted molar refractivity (Wildman–Crippen MR) is 93.0 cm³/mol. The average molecular weight is 383 g/mol. The first-order chi connectivity index (χ1) is 11.9. The molecule has 1 N–H and O–H groups in total. The van der Waals surface area contributed by atoms with Crippen molar-refractivity contribution >= 4 is 35.1 Å². The van der Waals surface area contributed by atoms with E-state index in [4.69, 9.17) is 32.7 Å². The van der Waals surface area contributed by atoms with Gasteiger partial charge in [-0.25, -0.2) is 4.98 Å². The van der Waals surface area contributed by atoms with Gasteiger partial charge in [0.25, 0.3) is 5.91 Å². The third-order valence-electron chi connectivity index (χ3n) is 4.22. The van der Waals surface area contributed by atoms with Gasteiger partial charge in [-0.2, -0.15) is 0 Å². The standard InChI is InChI=1S/C17H16Cl2N2O4/c1-9-14(16(22)21-6-2-3-11(8-21)17(23)24)20-15(25-9)10-4-5-12(18)13(19)7-10/h4-5,7,11H,2-3,6,8H2,1H3,(H,23,24). The van der Waals surface area contributed by atoms with Crippen LogP contribution in [0.2, 0.25) is 10.0 Å². The molecule has 6 nitrogen and oxygen atoms in total. The fraction of sp³-hybridized carbons (Fsp3) is 0.353. The molecule has 0 aliphatic carbocycles. The van der Waals surface area contributed by atoms with E-state index in [2.05, 4.69) is 4.98 Å².